The number of benzene rings is 1. The first-order valence-electron chi connectivity index (χ1n) is 13.8. The molecular weight excluding hydrogens is 532 g/mol. The SMILES string of the molecule is CC1CCN(CC(=O)Nc2ccc3c(c2O)C(=O)C2=C(O)[C@]4(O)C(=O)C(C(N)=O)=C(O)[C@@H](N(C)C)C4CC2C3)CC1. The molecule has 4 aliphatic rings. The maximum absolute atomic E-state index is 13.8. The van der Waals surface area contributed by atoms with Gasteiger partial charge in [-0.25, -0.2) is 0 Å². The van der Waals surface area contributed by atoms with Crippen LogP contribution in [0, 0.1) is 17.8 Å². The van der Waals surface area contributed by atoms with Crippen molar-refractivity contribution in [3.8, 4) is 5.75 Å². The van der Waals surface area contributed by atoms with E-state index in [0.717, 1.165) is 25.9 Å². The molecular formula is C29H36N4O8. The van der Waals surface area contributed by atoms with Crippen molar-refractivity contribution in [2.75, 3.05) is 39.0 Å². The van der Waals surface area contributed by atoms with Crippen LogP contribution in [0.5, 0.6) is 5.75 Å². The van der Waals surface area contributed by atoms with Crippen LogP contribution >= 0.6 is 0 Å². The molecule has 12 nitrogen and oxygen atoms in total. The third-order valence-electron chi connectivity index (χ3n) is 9.11. The number of anilines is 1. The van der Waals surface area contributed by atoms with Crippen LogP contribution in [0.25, 0.3) is 0 Å². The molecule has 1 aromatic rings. The maximum atomic E-state index is 13.8. The molecule has 3 aliphatic carbocycles. The largest absolute Gasteiger partial charge is 0.510 e. The van der Waals surface area contributed by atoms with Gasteiger partial charge in [0.05, 0.1) is 23.8 Å². The summed E-state index contributed by atoms with van der Waals surface area (Å²) < 4.78 is 0. The van der Waals surface area contributed by atoms with Crippen molar-refractivity contribution in [2.24, 2.45) is 23.5 Å². The molecule has 12 heteroatoms. The lowest BCUT2D eigenvalue weighted by Crippen LogP contribution is -2.63. The number of carbonyl (C=O) groups excluding carboxylic acids is 4. The Morgan fingerprint density at radius 3 is 2.41 bits per heavy atom. The molecule has 0 spiro atoms. The first kappa shape index (κ1) is 28.8. The number of hydrogen-bond donors (Lipinski definition) is 6. The molecule has 1 heterocycles. The molecule has 0 radical (unpaired) electrons. The number of aliphatic hydroxyl groups is 3. The standard InChI is InChI=1S/C29H36N4O8/c1-13-6-8-33(9-7-13)12-18(34)31-17-5-4-14-10-15-11-16-22(32(2)3)25(37)21(28(30)40)27(39)29(16,41)26(38)20(15)24(36)19(14)23(17)35/h4-5,13,15-16,22,35,37-38,41H,6-12H2,1-3H3,(H2,30,40)(H,31,34)/t15?,16?,22-,29-/m0/s1. The number of amides is 2. The zero-order valence-electron chi connectivity index (χ0n) is 23.3. The fourth-order valence-electron chi connectivity index (χ4n) is 6.94. The van der Waals surface area contributed by atoms with Crippen molar-refractivity contribution in [3.63, 3.8) is 0 Å². The van der Waals surface area contributed by atoms with Crippen LogP contribution in [-0.4, -0.2) is 99.0 Å². The first-order valence-corrected chi connectivity index (χ1v) is 13.8. The van der Waals surface area contributed by atoms with E-state index in [2.05, 4.69) is 12.2 Å². The van der Waals surface area contributed by atoms with Gasteiger partial charge in [-0.2, -0.15) is 0 Å². The van der Waals surface area contributed by atoms with Gasteiger partial charge >= 0.3 is 0 Å². The second kappa shape index (κ2) is 10.3. The van der Waals surface area contributed by atoms with Crippen molar-refractivity contribution >= 4 is 29.1 Å². The molecule has 2 unspecified atom stereocenters. The van der Waals surface area contributed by atoms with E-state index in [4.69, 9.17) is 5.73 Å². The summed E-state index contributed by atoms with van der Waals surface area (Å²) in [4.78, 5) is 55.5. The Morgan fingerprint density at radius 1 is 1.15 bits per heavy atom. The molecule has 1 fully saturated rings. The molecule has 7 N–H and O–H groups in total. The molecule has 5 rings (SSSR count). The van der Waals surface area contributed by atoms with E-state index in [1.165, 1.54) is 11.0 Å². The molecule has 4 atom stereocenters. The number of nitrogens with two attached hydrogens (primary N) is 1. The number of aliphatic hydroxyl groups excluding tert-OH is 2. The number of rotatable bonds is 5. The van der Waals surface area contributed by atoms with E-state index in [1.54, 1.807) is 20.2 Å². The van der Waals surface area contributed by atoms with Gasteiger partial charge in [-0.1, -0.05) is 13.0 Å². The lowest BCUT2D eigenvalue weighted by atomic mass is 9.58. The predicted molar refractivity (Wildman–Crippen MR) is 147 cm³/mol. The summed E-state index contributed by atoms with van der Waals surface area (Å²) in [5.74, 6) is -6.85. The molecule has 41 heavy (non-hydrogen) atoms. The topological polar surface area (TPSA) is 194 Å². The van der Waals surface area contributed by atoms with Crippen molar-refractivity contribution < 1.29 is 39.6 Å². The fourth-order valence-corrected chi connectivity index (χ4v) is 6.94. The van der Waals surface area contributed by atoms with Crippen LogP contribution in [0.1, 0.15) is 42.1 Å². The summed E-state index contributed by atoms with van der Waals surface area (Å²) in [6, 6.07) is 2.10. The zero-order chi connectivity index (χ0) is 30.0. The van der Waals surface area contributed by atoms with E-state index < -0.39 is 63.8 Å². The minimum atomic E-state index is -2.70. The normalized spacial score (nSPS) is 28.9. The lowest BCUT2D eigenvalue weighted by molar-refractivity contribution is -0.148. The summed E-state index contributed by atoms with van der Waals surface area (Å²) in [5.41, 5.74) is 1.93. The maximum Gasteiger partial charge on any atom is 0.255 e. The van der Waals surface area contributed by atoms with Crippen molar-refractivity contribution in [1.82, 2.24) is 9.80 Å². The summed E-state index contributed by atoms with van der Waals surface area (Å²) in [7, 11) is 3.15. The number of likely N-dealkylation sites (tertiary alicyclic amines) is 1. The highest BCUT2D eigenvalue weighted by Crippen LogP contribution is 2.52. The van der Waals surface area contributed by atoms with Gasteiger partial charge < -0.3 is 31.5 Å². The Balaban J connectivity index is 1.50. The van der Waals surface area contributed by atoms with E-state index >= 15 is 0 Å². The Bertz CT molecular complexity index is 1410. The molecule has 1 aliphatic heterocycles. The molecule has 220 valence electrons. The van der Waals surface area contributed by atoms with Crippen LogP contribution in [-0.2, 0) is 20.8 Å². The molecule has 1 saturated heterocycles. The monoisotopic (exact) mass is 568 g/mol. The summed E-state index contributed by atoms with van der Waals surface area (Å²) >= 11 is 0. The smallest absolute Gasteiger partial charge is 0.255 e. The molecule has 0 bridgehead atoms. The summed E-state index contributed by atoms with van der Waals surface area (Å²) in [6.45, 7) is 3.89. The van der Waals surface area contributed by atoms with Crippen LogP contribution in [0.3, 0.4) is 0 Å². The number of fused-ring (bicyclic) bond motifs is 3. The molecule has 0 saturated carbocycles. The number of phenols is 1. The number of nitrogens with one attached hydrogen (secondary N) is 1. The number of aromatic hydroxyl groups is 1. The number of Topliss-reactive ketones (excluding diaryl/α,β-unsaturated/α-hetero) is 2. The van der Waals surface area contributed by atoms with Gasteiger partial charge in [0.2, 0.25) is 11.7 Å². The first-order chi connectivity index (χ1) is 19.3. The summed E-state index contributed by atoms with van der Waals surface area (Å²) in [6.07, 6.45) is 2.18. The number of allylic oxidation sites excluding steroid dienone is 1. The second-order valence-corrected chi connectivity index (χ2v) is 12.0. The third kappa shape index (κ3) is 4.50. The molecule has 0 aromatic heterocycles. The van der Waals surface area contributed by atoms with Crippen molar-refractivity contribution in [2.45, 2.75) is 44.2 Å². The molecule has 1 aromatic carbocycles. The highest BCUT2D eigenvalue weighted by Gasteiger charge is 2.63. The van der Waals surface area contributed by atoms with Gasteiger partial charge in [-0.3, -0.25) is 29.0 Å². The minimum absolute atomic E-state index is 0.0134. The summed E-state index contributed by atoms with van der Waals surface area (Å²) in [5, 5.41) is 47.6. The number of carbonyl (C=O) groups is 4. The lowest BCUT2D eigenvalue weighted by Gasteiger charge is -2.50. The fraction of sp³-hybridized carbons (Fsp3) is 0.517. The van der Waals surface area contributed by atoms with Gasteiger partial charge in [0.1, 0.15) is 17.1 Å². The van der Waals surface area contributed by atoms with Crippen LogP contribution in [0.4, 0.5) is 5.69 Å². The van der Waals surface area contributed by atoms with Gasteiger partial charge in [0, 0.05) is 11.5 Å². The van der Waals surface area contributed by atoms with Gasteiger partial charge in [-0.15, -0.1) is 0 Å². The number of ketones is 2. The quantitative estimate of drug-likeness (QED) is 0.218. The number of likely N-dealkylation sites (N-methyl/N-ethyl adjacent to an activating group) is 1. The number of hydrogen-bond acceptors (Lipinski definition) is 10. The molecule has 2 amide bonds. The van der Waals surface area contributed by atoms with Crippen molar-refractivity contribution in [1.29, 1.82) is 0 Å². The van der Waals surface area contributed by atoms with E-state index in [0.29, 0.717) is 11.5 Å². The van der Waals surface area contributed by atoms with Crippen molar-refractivity contribution in [3.05, 3.63) is 45.9 Å². The zero-order valence-corrected chi connectivity index (χ0v) is 23.3. The average Bonchev–Trinajstić information content (AvgIpc) is 2.89. The number of nitrogens with zero attached hydrogens (tertiary/aromatic N) is 2. The van der Waals surface area contributed by atoms with Crippen LogP contribution < -0.4 is 11.1 Å². The van der Waals surface area contributed by atoms with Crippen LogP contribution in [0.2, 0.25) is 0 Å². The Morgan fingerprint density at radius 2 is 1.80 bits per heavy atom. The Hall–Kier alpha value is -3.74. The highest BCUT2D eigenvalue weighted by molar-refractivity contribution is 6.25. The van der Waals surface area contributed by atoms with E-state index in [9.17, 15) is 39.6 Å². The Kier molecular flexibility index (Phi) is 7.21. The van der Waals surface area contributed by atoms with Crippen LogP contribution in [0.15, 0.2) is 34.8 Å². The van der Waals surface area contributed by atoms with Gasteiger partial charge in [-0.05, 0) is 76.3 Å². The third-order valence-corrected chi connectivity index (χ3v) is 9.11. The average molecular weight is 569 g/mol. The van der Waals surface area contributed by atoms with E-state index in [-0.39, 0.29) is 42.1 Å². The van der Waals surface area contributed by atoms with E-state index in [1.807, 2.05) is 4.90 Å². The van der Waals surface area contributed by atoms with Gasteiger partial charge in [0.25, 0.3) is 5.91 Å². The highest BCUT2D eigenvalue weighted by atomic mass is 16.3. The predicted octanol–water partition coefficient (Wildman–Crippen LogP) is 0.791. The van der Waals surface area contributed by atoms with Gasteiger partial charge in [0.15, 0.2) is 17.1 Å². The number of piperidine rings is 1. The number of primary amides is 1. The Labute approximate surface area is 237 Å². The minimum Gasteiger partial charge on any atom is -0.510 e. The number of phenolic OH excluding ortho intramolecular Hbond substituents is 1. The second-order valence-electron chi connectivity index (χ2n) is 12.0.